The Morgan fingerprint density at radius 2 is 1.36 bits per heavy atom. The van der Waals surface area contributed by atoms with E-state index in [0.717, 1.165) is 59.8 Å². The number of carbonyl (C=O) groups is 2. The van der Waals surface area contributed by atoms with Crippen LogP contribution in [0, 0.1) is 0 Å². The molecule has 3 aliphatic rings. The Hall–Kier alpha value is -5.47. The number of morpholine rings is 1. The van der Waals surface area contributed by atoms with Crippen LogP contribution in [-0.4, -0.2) is 69.4 Å². The summed E-state index contributed by atoms with van der Waals surface area (Å²) in [6.07, 6.45) is 4.07. The third-order valence-corrected chi connectivity index (χ3v) is 10.8. The number of carbonyl (C=O) groups excluding carboxylic acids is 2. The first kappa shape index (κ1) is 40.2. The number of halogens is 1. The van der Waals surface area contributed by atoms with Gasteiger partial charge in [0.15, 0.2) is 5.82 Å². The number of nitrogen functional groups attached to an aromatic ring is 1. The fourth-order valence-corrected chi connectivity index (χ4v) is 7.20. The molecule has 4 heterocycles. The molecule has 0 saturated carbocycles. The number of anilines is 8. The van der Waals surface area contributed by atoms with Crippen LogP contribution < -0.4 is 46.1 Å². The van der Waals surface area contributed by atoms with Crippen LogP contribution in [0.1, 0.15) is 64.5 Å². The predicted octanol–water partition coefficient (Wildman–Crippen LogP) is 7.77. The lowest BCUT2D eigenvalue weighted by molar-refractivity contribution is -0.117. The molecule has 2 amide bonds. The highest BCUT2D eigenvalue weighted by molar-refractivity contribution is 6.33. The number of nitrogens with two attached hydrogens (primary N) is 1. The number of aromatic nitrogens is 2. The standard InChI is InChI=1S/C28H33ClN6O4.C13H18N2O2/c1-28(2)8-7-25(36)31-21-15-24(38-4)22(14-18(21)28)33-27-30-16-19(29)26(34-27)32-20-6-5-17(13-23(20)37-3)35-9-11-39-12-10-35;1-13(2)5-4-12(16)15-10-7-11(17-3)9(14)6-8(10)13/h5-6,13-16H,7-12H2,1-4H3,(H,31,36)(H2,30,32,33,34);6-7H,4-5,14H2,1-3H3,(H,15,16). The second-order valence-corrected chi connectivity index (χ2v) is 15.6. The summed E-state index contributed by atoms with van der Waals surface area (Å²) in [6.45, 7) is 11.6. The minimum absolute atomic E-state index is 0.00487. The van der Waals surface area contributed by atoms with Crippen molar-refractivity contribution in [1.82, 2.24) is 9.97 Å². The lowest BCUT2D eigenvalue weighted by atomic mass is 9.80. The van der Waals surface area contributed by atoms with E-state index in [9.17, 15) is 9.59 Å². The van der Waals surface area contributed by atoms with E-state index >= 15 is 0 Å². The third-order valence-electron chi connectivity index (χ3n) is 10.5. The van der Waals surface area contributed by atoms with Gasteiger partial charge < -0.3 is 50.8 Å². The van der Waals surface area contributed by atoms with Gasteiger partial charge in [-0.2, -0.15) is 4.98 Å². The van der Waals surface area contributed by atoms with Crippen LogP contribution in [0.15, 0.2) is 48.7 Å². The lowest BCUT2D eigenvalue weighted by Crippen LogP contribution is -2.36. The maximum atomic E-state index is 12.3. The molecule has 1 aromatic heterocycles. The molecule has 56 heavy (non-hydrogen) atoms. The van der Waals surface area contributed by atoms with E-state index in [-0.39, 0.29) is 22.6 Å². The molecule has 0 atom stereocenters. The average molecular weight is 787 g/mol. The summed E-state index contributed by atoms with van der Waals surface area (Å²) in [5.41, 5.74) is 12.4. The highest BCUT2D eigenvalue weighted by Crippen LogP contribution is 2.43. The number of hydrogen-bond donors (Lipinski definition) is 5. The van der Waals surface area contributed by atoms with E-state index in [4.69, 9.17) is 36.3 Å². The van der Waals surface area contributed by atoms with Crippen molar-refractivity contribution in [2.24, 2.45) is 0 Å². The van der Waals surface area contributed by atoms with E-state index in [1.807, 2.05) is 36.4 Å². The van der Waals surface area contributed by atoms with Crippen molar-refractivity contribution in [2.75, 3.05) is 79.5 Å². The summed E-state index contributed by atoms with van der Waals surface area (Å²) in [7, 11) is 4.79. The van der Waals surface area contributed by atoms with Gasteiger partial charge >= 0.3 is 0 Å². The Kier molecular flexibility index (Phi) is 12.0. The molecule has 1 fully saturated rings. The molecule has 3 aliphatic heterocycles. The van der Waals surface area contributed by atoms with Crippen LogP contribution in [0.3, 0.4) is 0 Å². The van der Waals surface area contributed by atoms with Crippen molar-refractivity contribution < 1.29 is 28.5 Å². The van der Waals surface area contributed by atoms with Crippen LogP contribution in [0.5, 0.6) is 17.2 Å². The smallest absolute Gasteiger partial charge is 0.229 e. The number of nitrogens with one attached hydrogen (secondary N) is 4. The van der Waals surface area contributed by atoms with Crippen LogP contribution in [0.4, 0.5) is 45.9 Å². The highest BCUT2D eigenvalue weighted by atomic mass is 35.5. The van der Waals surface area contributed by atoms with Gasteiger partial charge in [-0.05, 0) is 59.1 Å². The van der Waals surface area contributed by atoms with Crippen molar-refractivity contribution in [3.8, 4) is 17.2 Å². The maximum absolute atomic E-state index is 12.3. The van der Waals surface area contributed by atoms with Crippen molar-refractivity contribution >= 4 is 69.3 Å². The van der Waals surface area contributed by atoms with Gasteiger partial charge in [-0.15, -0.1) is 0 Å². The number of methoxy groups -OCH3 is 3. The molecule has 4 aromatic rings. The molecule has 0 spiro atoms. The van der Waals surface area contributed by atoms with Crippen molar-refractivity contribution in [1.29, 1.82) is 0 Å². The summed E-state index contributed by atoms with van der Waals surface area (Å²) in [5.74, 6) is 2.62. The molecule has 0 aliphatic carbocycles. The van der Waals surface area contributed by atoms with Gasteiger partial charge in [0, 0.05) is 61.2 Å². The zero-order valence-electron chi connectivity index (χ0n) is 33.0. The van der Waals surface area contributed by atoms with Gasteiger partial charge in [0.1, 0.15) is 22.3 Å². The maximum Gasteiger partial charge on any atom is 0.229 e. The summed E-state index contributed by atoms with van der Waals surface area (Å²) in [6, 6.07) is 13.5. The first-order valence-electron chi connectivity index (χ1n) is 18.6. The number of ether oxygens (including phenoxy) is 4. The first-order valence-corrected chi connectivity index (χ1v) is 19.0. The van der Waals surface area contributed by atoms with Crippen LogP contribution in [0.2, 0.25) is 5.02 Å². The number of benzene rings is 3. The Balaban J connectivity index is 0.000000261. The fraction of sp³-hybridized carbons (Fsp3) is 0.415. The Labute approximate surface area is 332 Å². The molecular weight excluding hydrogens is 736 g/mol. The molecule has 3 aromatic carbocycles. The van der Waals surface area contributed by atoms with E-state index in [1.165, 1.54) is 6.20 Å². The number of fused-ring (bicyclic) bond motifs is 2. The minimum atomic E-state index is -0.214. The predicted molar refractivity (Wildman–Crippen MR) is 222 cm³/mol. The monoisotopic (exact) mass is 786 g/mol. The van der Waals surface area contributed by atoms with Crippen molar-refractivity contribution in [3.63, 3.8) is 0 Å². The van der Waals surface area contributed by atoms with Crippen LogP contribution in [0.25, 0.3) is 0 Å². The highest BCUT2D eigenvalue weighted by Gasteiger charge is 2.31. The fourth-order valence-electron chi connectivity index (χ4n) is 7.06. The first-order chi connectivity index (χ1) is 26.7. The van der Waals surface area contributed by atoms with Gasteiger partial charge in [-0.1, -0.05) is 39.3 Å². The summed E-state index contributed by atoms with van der Waals surface area (Å²) < 4.78 is 21.9. The number of rotatable bonds is 8. The Morgan fingerprint density at radius 3 is 1.96 bits per heavy atom. The van der Waals surface area contributed by atoms with Gasteiger partial charge in [-0.25, -0.2) is 4.98 Å². The molecule has 0 unspecified atom stereocenters. The van der Waals surface area contributed by atoms with E-state index in [0.29, 0.717) is 71.5 Å². The molecule has 14 nitrogen and oxygen atoms in total. The number of hydrogen-bond acceptors (Lipinski definition) is 12. The third kappa shape index (κ3) is 8.97. The molecular formula is C41H51ClN8O6. The lowest BCUT2D eigenvalue weighted by Gasteiger charge is -2.29. The number of amides is 2. The largest absolute Gasteiger partial charge is 0.495 e. The SMILES string of the molecule is COc1cc2c(cc1N)C(C)(C)CCC(=O)N2.COc1cc2c(cc1Nc1ncc(Cl)c(Nc3ccc(N4CCOCC4)cc3OC)n1)C(C)(C)CCC(=O)N2. The van der Waals surface area contributed by atoms with Gasteiger partial charge in [0.2, 0.25) is 17.8 Å². The van der Waals surface area contributed by atoms with Crippen molar-refractivity contribution in [3.05, 3.63) is 64.8 Å². The van der Waals surface area contributed by atoms with Crippen LogP contribution >= 0.6 is 11.6 Å². The topological polar surface area (TPSA) is 174 Å². The molecule has 7 rings (SSSR count). The van der Waals surface area contributed by atoms with Gasteiger partial charge in [-0.3, -0.25) is 9.59 Å². The summed E-state index contributed by atoms with van der Waals surface area (Å²) in [4.78, 5) is 35.2. The zero-order chi connectivity index (χ0) is 40.2. The minimum Gasteiger partial charge on any atom is -0.495 e. The van der Waals surface area contributed by atoms with Gasteiger partial charge in [0.05, 0.1) is 57.8 Å². The second kappa shape index (κ2) is 16.7. The summed E-state index contributed by atoms with van der Waals surface area (Å²) >= 11 is 6.48. The zero-order valence-corrected chi connectivity index (χ0v) is 33.8. The van der Waals surface area contributed by atoms with Crippen molar-refractivity contribution in [2.45, 2.75) is 64.2 Å². The molecule has 6 N–H and O–H groups in total. The van der Waals surface area contributed by atoms with E-state index in [1.54, 1.807) is 27.4 Å². The Bertz CT molecular complexity index is 2100. The quantitative estimate of drug-likeness (QED) is 0.110. The molecule has 1 saturated heterocycles. The number of nitrogens with zero attached hydrogens (tertiary/aromatic N) is 3. The summed E-state index contributed by atoms with van der Waals surface area (Å²) in [5, 5.41) is 12.8. The molecule has 298 valence electrons. The van der Waals surface area contributed by atoms with Crippen LogP contribution in [-0.2, 0) is 25.2 Å². The van der Waals surface area contributed by atoms with Gasteiger partial charge in [0.25, 0.3) is 0 Å². The molecule has 15 heteroatoms. The van der Waals surface area contributed by atoms with E-state index in [2.05, 4.69) is 63.8 Å². The molecule has 0 radical (unpaired) electrons. The molecule has 0 bridgehead atoms. The normalized spacial score (nSPS) is 17.0. The average Bonchev–Trinajstić information content (AvgIpc) is 3.37. The van der Waals surface area contributed by atoms with E-state index < -0.39 is 0 Å². The Morgan fingerprint density at radius 1 is 0.786 bits per heavy atom. The second-order valence-electron chi connectivity index (χ2n) is 15.2.